The number of benzene rings is 3. The molecule has 3 aromatic carbocycles. The number of halogens is 2. The minimum Gasteiger partial charge on any atom is -0.319 e. The number of rotatable bonds is 4. The first-order valence-electron chi connectivity index (χ1n) is 8.45. The van der Waals surface area contributed by atoms with Gasteiger partial charge in [-0.25, -0.2) is 14.1 Å². The van der Waals surface area contributed by atoms with Crippen LogP contribution in [0.1, 0.15) is 10.6 Å². The van der Waals surface area contributed by atoms with Crippen molar-refractivity contribution in [3.63, 3.8) is 0 Å². The first-order chi connectivity index (χ1) is 13.6. The van der Waals surface area contributed by atoms with Gasteiger partial charge in [-0.15, -0.1) is 5.10 Å². The van der Waals surface area contributed by atoms with Crippen LogP contribution in [-0.4, -0.2) is 20.7 Å². The predicted molar refractivity (Wildman–Crippen MR) is 106 cm³/mol. The third kappa shape index (κ3) is 3.77. The fraction of sp³-hybridized carbons (Fsp3) is 0. The van der Waals surface area contributed by atoms with E-state index in [1.54, 1.807) is 35.0 Å². The topological polar surface area (TPSA) is 59.8 Å². The first-order valence-corrected chi connectivity index (χ1v) is 8.83. The van der Waals surface area contributed by atoms with E-state index in [9.17, 15) is 9.18 Å². The number of amides is 1. The van der Waals surface area contributed by atoms with Crippen LogP contribution in [0.4, 0.5) is 10.1 Å². The highest BCUT2D eigenvalue weighted by Gasteiger charge is 2.19. The lowest BCUT2D eigenvalue weighted by Crippen LogP contribution is -2.14. The van der Waals surface area contributed by atoms with Crippen molar-refractivity contribution in [2.24, 2.45) is 0 Å². The lowest BCUT2D eigenvalue weighted by atomic mass is 10.2. The highest BCUT2D eigenvalue weighted by Crippen LogP contribution is 2.22. The Morgan fingerprint density at radius 1 is 0.964 bits per heavy atom. The van der Waals surface area contributed by atoms with E-state index in [-0.39, 0.29) is 5.82 Å². The molecule has 0 bridgehead atoms. The summed E-state index contributed by atoms with van der Waals surface area (Å²) in [6.45, 7) is 0. The molecule has 5 nitrogen and oxygen atoms in total. The number of hydrogen-bond acceptors (Lipinski definition) is 3. The van der Waals surface area contributed by atoms with Gasteiger partial charge in [-0.3, -0.25) is 4.79 Å². The van der Waals surface area contributed by atoms with Crippen LogP contribution in [0, 0.1) is 5.82 Å². The van der Waals surface area contributed by atoms with E-state index >= 15 is 0 Å². The molecule has 0 saturated heterocycles. The molecule has 0 aliphatic rings. The summed E-state index contributed by atoms with van der Waals surface area (Å²) in [5, 5.41) is 7.57. The van der Waals surface area contributed by atoms with E-state index < -0.39 is 11.7 Å². The van der Waals surface area contributed by atoms with Crippen molar-refractivity contribution in [1.82, 2.24) is 14.8 Å². The van der Waals surface area contributed by atoms with E-state index in [1.165, 1.54) is 18.2 Å². The molecule has 0 radical (unpaired) electrons. The second kappa shape index (κ2) is 7.62. The van der Waals surface area contributed by atoms with Gasteiger partial charge in [0.15, 0.2) is 5.82 Å². The molecule has 0 aliphatic carbocycles. The minimum atomic E-state index is -0.532. The molecule has 138 valence electrons. The van der Waals surface area contributed by atoms with Crippen LogP contribution in [0.15, 0.2) is 78.9 Å². The van der Waals surface area contributed by atoms with Crippen LogP contribution in [0.25, 0.3) is 17.1 Å². The monoisotopic (exact) mass is 392 g/mol. The van der Waals surface area contributed by atoms with Crippen LogP contribution < -0.4 is 5.32 Å². The summed E-state index contributed by atoms with van der Waals surface area (Å²) >= 11 is 5.97. The van der Waals surface area contributed by atoms with Crippen molar-refractivity contribution in [3.05, 3.63) is 95.5 Å². The lowest BCUT2D eigenvalue weighted by Gasteiger charge is -2.05. The minimum absolute atomic E-state index is 0.0296. The van der Waals surface area contributed by atoms with E-state index in [4.69, 9.17) is 11.6 Å². The number of nitrogens with one attached hydrogen (secondary N) is 1. The van der Waals surface area contributed by atoms with Gasteiger partial charge in [0.05, 0.1) is 5.69 Å². The Bertz CT molecular complexity index is 1130. The number of aromatic nitrogens is 3. The van der Waals surface area contributed by atoms with Crippen molar-refractivity contribution in [3.8, 4) is 17.1 Å². The average Bonchev–Trinajstić information content (AvgIpc) is 3.15. The average molecular weight is 393 g/mol. The normalized spacial score (nSPS) is 10.6. The van der Waals surface area contributed by atoms with Gasteiger partial charge in [0.1, 0.15) is 5.82 Å². The molecule has 1 amide bonds. The predicted octanol–water partition coefficient (Wildman–Crippen LogP) is 4.98. The van der Waals surface area contributed by atoms with Crippen LogP contribution in [0.2, 0.25) is 5.02 Å². The molecular formula is C21H14ClFN4O. The number of hydrogen-bond donors (Lipinski definition) is 1. The molecule has 0 unspecified atom stereocenters. The Kier molecular flexibility index (Phi) is 4.87. The summed E-state index contributed by atoms with van der Waals surface area (Å²) in [5.41, 5.74) is 1.84. The summed E-state index contributed by atoms with van der Waals surface area (Å²) in [5.74, 6) is -0.497. The molecule has 7 heteroatoms. The first kappa shape index (κ1) is 17.9. The summed E-state index contributed by atoms with van der Waals surface area (Å²) < 4.78 is 14.9. The standard InChI is InChI=1S/C21H14ClFN4O/c22-15-9-11-18(12-10-15)27-20(14-5-2-1-3-6-14)25-19(26-27)21(28)24-17-8-4-7-16(23)13-17/h1-13H,(H,24,28). The Labute approximate surface area is 165 Å². The molecule has 0 spiro atoms. The van der Waals surface area contributed by atoms with Gasteiger partial charge in [0, 0.05) is 16.3 Å². The molecule has 1 heterocycles. The molecule has 4 rings (SSSR count). The SMILES string of the molecule is O=C(Nc1cccc(F)c1)c1nc(-c2ccccc2)n(-c2ccc(Cl)cc2)n1. The fourth-order valence-electron chi connectivity index (χ4n) is 2.70. The molecule has 1 aromatic heterocycles. The van der Waals surface area contributed by atoms with Crippen molar-refractivity contribution >= 4 is 23.2 Å². The number of anilines is 1. The van der Waals surface area contributed by atoms with E-state index in [0.29, 0.717) is 22.2 Å². The molecular weight excluding hydrogens is 379 g/mol. The Balaban J connectivity index is 1.74. The zero-order chi connectivity index (χ0) is 19.5. The number of carbonyl (C=O) groups is 1. The highest BCUT2D eigenvalue weighted by atomic mass is 35.5. The molecule has 0 aliphatic heterocycles. The van der Waals surface area contributed by atoms with E-state index in [1.807, 2.05) is 30.3 Å². The number of nitrogens with zero attached hydrogens (tertiary/aromatic N) is 3. The molecule has 0 atom stereocenters. The molecule has 28 heavy (non-hydrogen) atoms. The van der Waals surface area contributed by atoms with Gasteiger partial charge in [-0.05, 0) is 42.5 Å². The zero-order valence-electron chi connectivity index (χ0n) is 14.5. The number of carbonyl (C=O) groups excluding carboxylic acids is 1. The van der Waals surface area contributed by atoms with Gasteiger partial charge in [0.25, 0.3) is 5.91 Å². The molecule has 4 aromatic rings. The Hall–Kier alpha value is -3.51. The maximum absolute atomic E-state index is 13.4. The van der Waals surface area contributed by atoms with Crippen LogP contribution in [0.3, 0.4) is 0 Å². The second-order valence-corrected chi connectivity index (χ2v) is 6.41. The highest BCUT2D eigenvalue weighted by molar-refractivity contribution is 6.30. The van der Waals surface area contributed by atoms with Gasteiger partial charge in [0.2, 0.25) is 5.82 Å². The zero-order valence-corrected chi connectivity index (χ0v) is 15.3. The smallest absolute Gasteiger partial charge is 0.295 e. The van der Waals surface area contributed by atoms with Crippen molar-refractivity contribution in [2.45, 2.75) is 0 Å². The maximum Gasteiger partial charge on any atom is 0.295 e. The van der Waals surface area contributed by atoms with Crippen LogP contribution in [0.5, 0.6) is 0 Å². The molecule has 0 fully saturated rings. The lowest BCUT2D eigenvalue weighted by molar-refractivity contribution is 0.101. The summed E-state index contributed by atoms with van der Waals surface area (Å²) in [6.07, 6.45) is 0. The van der Waals surface area contributed by atoms with Crippen molar-refractivity contribution in [2.75, 3.05) is 5.32 Å². The summed E-state index contributed by atoms with van der Waals surface area (Å²) in [6, 6.07) is 22.1. The Morgan fingerprint density at radius 3 is 2.43 bits per heavy atom. The van der Waals surface area contributed by atoms with Gasteiger partial charge < -0.3 is 5.32 Å². The van der Waals surface area contributed by atoms with Gasteiger partial charge in [-0.1, -0.05) is 48.0 Å². The van der Waals surface area contributed by atoms with Crippen LogP contribution >= 0.6 is 11.6 Å². The van der Waals surface area contributed by atoms with Gasteiger partial charge >= 0.3 is 0 Å². The van der Waals surface area contributed by atoms with E-state index in [2.05, 4.69) is 15.4 Å². The van der Waals surface area contributed by atoms with Crippen molar-refractivity contribution in [1.29, 1.82) is 0 Å². The fourth-order valence-corrected chi connectivity index (χ4v) is 2.82. The van der Waals surface area contributed by atoms with E-state index in [0.717, 1.165) is 5.56 Å². The third-order valence-electron chi connectivity index (χ3n) is 4.00. The summed E-state index contributed by atoms with van der Waals surface area (Å²) in [4.78, 5) is 17.0. The maximum atomic E-state index is 13.4. The summed E-state index contributed by atoms with van der Waals surface area (Å²) in [7, 11) is 0. The van der Waals surface area contributed by atoms with Crippen LogP contribution in [-0.2, 0) is 0 Å². The van der Waals surface area contributed by atoms with Crippen molar-refractivity contribution < 1.29 is 9.18 Å². The van der Waals surface area contributed by atoms with Gasteiger partial charge in [-0.2, -0.15) is 0 Å². The second-order valence-electron chi connectivity index (χ2n) is 5.98. The quantitative estimate of drug-likeness (QED) is 0.533. The largest absolute Gasteiger partial charge is 0.319 e. The molecule has 1 N–H and O–H groups in total. The third-order valence-corrected chi connectivity index (χ3v) is 4.25. The Morgan fingerprint density at radius 2 is 1.71 bits per heavy atom. The molecule has 0 saturated carbocycles.